The highest BCUT2D eigenvalue weighted by Gasteiger charge is 2.18. The van der Waals surface area contributed by atoms with Crippen molar-refractivity contribution in [2.45, 2.75) is 37.9 Å². The molecule has 5 nitrogen and oxygen atoms in total. The molecule has 2 aromatic heterocycles. The molecule has 0 radical (unpaired) electrons. The number of aromatic nitrogens is 3. The van der Waals surface area contributed by atoms with Gasteiger partial charge in [-0.1, -0.05) is 0 Å². The molecule has 2 rings (SSSR count). The van der Waals surface area contributed by atoms with Crippen LogP contribution in [0, 0.1) is 27.7 Å². The Morgan fingerprint density at radius 1 is 1.00 bits per heavy atom. The fraction of sp³-hybridized carbons (Fsp3) is 0.286. The number of carboxylic acids is 1. The number of carbonyl (C=O) groups is 1. The summed E-state index contributed by atoms with van der Waals surface area (Å²) in [5.41, 5.74) is 3.38. The standard InChI is InChI=1S/C14H15N3O2S/c1-7-5-8(2)15-12(11(7)13(18)19)20-14-16-9(3)6-10(4)17-14/h5-6H,1-4H3,(H,18,19). The van der Waals surface area contributed by atoms with E-state index in [4.69, 9.17) is 0 Å². The maximum Gasteiger partial charge on any atom is 0.338 e. The maximum atomic E-state index is 11.4. The number of aryl methyl sites for hydroxylation is 4. The van der Waals surface area contributed by atoms with Gasteiger partial charge in [-0.3, -0.25) is 0 Å². The second-order valence-corrected chi connectivity index (χ2v) is 5.56. The molecule has 104 valence electrons. The second kappa shape index (κ2) is 5.58. The van der Waals surface area contributed by atoms with Gasteiger partial charge >= 0.3 is 5.97 Å². The molecule has 0 fully saturated rings. The Bertz CT molecular complexity index is 666. The van der Waals surface area contributed by atoms with Crippen LogP contribution in [0.1, 0.15) is 33.0 Å². The van der Waals surface area contributed by atoms with Crippen molar-refractivity contribution in [3.63, 3.8) is 0 Å². The minimum atomic E-state index is -0.984. The number of carboxylic acid groups (broad SMARTS) is 1. The number of hydrogen-bond donors (Lipinski definition) is 1. The maximum absolute atomic E-state index is 11.4. The fourth-order valence-corrected chi connectivity index (χ4v) is 3.05. The van der Waals surface area contributed by atoms with Gasteiger partial charge in [-0.2, -0.15) is 0 Å². The van der Waals surface area contributed by atoms with Gasteiger partial charge < -0.3 is 5.11 Å². The molecule has 0 saturated heterocycles. The molecule has 0 amide bonds. The molecule has 0 unspecified atom stereocenters. The van der Waals surface area contributed by atoms with Crippen molar-refractivity contribution in [1.82, 2.24) is 15.0 Å². The Kier molecular flexibility index (Phi) is 4.04. The van der Waals surface area contributed by atoms with Crippen molar-refractivity contribution in [3.8, 4) is 0 Å². The van der Waals surface area contributed by atoms with Gasteiger partial charge in [-0.15, -0.1) is 0 Å². The predicted octanol–water partition coefficient (Wildman–Crippen LogP) is 2.95. The third kappa shape index (κ3) is 3.14. The van der Waals surface area contributed by atoms with E-state index in [0.29, 0.717) is 15.7 Å². The Morgan fingerprint density at radius 2 is 1.55 bits per heavy atom. The molecule has 20 heavy (non-hydrogen) atoms. The lowest BCUT2D eigenvalue weighted by molar-refractivity contribution is 0.0691. The number of hydrogen-bond acceptors (Lipinski definition) is 5. The first kappa shape index (κ1) is 14.5. The predicted molar refractivity (Wildman–Crippen MR) is 76.3 cm³/mol. The largest absolute Gasteiger partial charge is 0.478 e. The average Bonchev–Trinajstić information content (AvgIpc) is 2.25. The molecule has 0 atom stereocenters. The van der Waals surface area contributed by atoms with Crippen molar-refractivity contribution in [2.24, 2.45) is 0 Å². The lowest BCUT2D eigenvalue weighted by atomic mass is 10.1. The monoisotopic (exact) mass is 289 g/mol. The van der Waals surface area contributed by atoms with Crippen molar-refractivity contribution in [1.29, 1.82) is 0 Å². The van der Waals surface area contributed by atoms with Crippen LogP contribution in [0.2, 0.25) is 0 Å². The zero-order valence-corrected chi connectivity index (χ0v) is 12.6. The summed E-state index contributed by atoms with van der Waals surface area (Å²) in [5, 5.41) is 10.3. The summed E-state index contributed by atoms with van der Waals surface area (Å²) in [6.07, 6.45) is 0. The number of nitrogens with zero attached hydrogens (tertiary/aromatic N) is 3. The number of rotatable bonds is 3. The highest BCUT2D eigenvalue weighted by molar-refractivity contribution is 7.99. The second-order valence-electron chi connectivity index (χ2n) is 4.60. The van der Waals surface area contributed by atoms with Crippen LogP contribution < -0.4 is 0 Å². The van der Waals surface area contributed by atoms with Crippen molar-refractivity contribution < 1.29 is 9.90 Å². The first-order valence-corrected chi connectivity index (χ1v) is 6.90. The third-order valence-electron chi connectivity index (χ3n) is 2.68. The Labute approximate surface area is 121 Å². The van der Waals surface area contributed by atoms with E-state index in [1.165, 1.54) is 11.8 Å². The lowest BCUT2D eigenvalue weighted by Crippen LogP contribution is -2.06. The molecular formula is C14H15N3O2S. The molecule has 2 heterocycles. The SMILES string of the molecule is Cc1cc(C)nc(Sc2nc(C)cc(C)c2C(=O)O)n1. The van der Waals surface area contributed by atoms with Gasteiger partial charge in [0.05, 0.1) is 5.56 Å². The smallest absolute Gasteiger partial charge is 0.338 e. The van der Waals surface area contributed by atoms with E-state index >= 15 is 0 Å². The Hall–Kier alpha value is -1.95. The summed E-state index contributed by atoms with van der Waals surface area (Å²) in [6.45, 7) is 7.37. The highest BCUT2D eigenvalue weighted by atomic mass is 32.2. The van der Waals surface area contributed by atoms with Crippen LogP contribution >= 0.6 is 11.8 Å². The molecule has 0 aliphatic rings. The molecular weight excluding hydrogens is 274 g/mol. The first-order valence-electron chi connectivity index (χ1n) is 6.08. The molecule has 2 aromatic rings. The van der Waals surface area contributed by atoms with Crippen LogP contribution in [0.5, 0.6) is 0 Å². The van der Waals surface area contributed by atoms with Crippen LogP contribution in [0.3, 0.4) is 0 Å². The van der Waals surface area contributed by atoms with E-state index < -0.39 is 5.97 Å². The van der Waals surface area contributed by atoms with Crippen molar-refractivity contribution in [2.75, 3.05) is 0 Å². The van der Waals surface area contributed by atoms with E-state index in [0.717, 1.165) is 17.1 Å². The van der Waals surface area contributed by atoms with Gasteiger partial charge in [0.1, 0.15) is 5.03 Å². The van der Waals surface area contributed by atoms with Gasteiger partial charge in [0, 0.05) is 17.1 Å². The number of aromatic carboxylic acids is 1. The van der Waals surface area contributed by atoms with E-state index in [2.05, 4.69) is 15.0 Å². The minimum Gasteiger partial charge on any atom is -0.478 e. The average molecular weight is 289 g/mol. The molecule has 0 saturated carbocycles. The summed E-state index contributed by atoms with van der Waals surface area (Å²) < 4.78 is 0. The van der Waals surface area contributed by atoms with E-state index in [1.54, 1.807) is 13.0 Å². The first-order chi connectivity index (χ1) is 9.36. The van der Waals surface area contributed by atoms with Gasteiger partial charge in [-0.05, 0) is 57.2 Å². The lowest BCUT2D eigenvalue weighted by Gasteiger charge is -2.09. The molecule has 0 aliphatic heterocycles. The Morgan fingerprint density at radius 3 is 2.10 bits per heavy atom. The van der Waals surface area contributed by atoms with Gasteiger partial charge in [0.15, 0.2) is 5.16 Å². The molecule has 1 N–H and O–H groups in total. The van der Waals surface area contributed by atoms with Crippen molar-refractivity contribution >= 4 is 17.7 Å². The fourth-order valence-electron chi connectivity index (χ4n) is 1.96. The van der Waals surface area contributed by atoms with Crippen molar-refractivity contribution in [3.05, 3.63) is 40.3 Å². The summed E-state index contributed by atoms with van der Waals surface area (Å²) in [5.74, 6) is -0.984. The molecule has 0 aliphatic carbocycles. The summed E-state index contributed by atoms with van der Waals surface area (Å²) in [6, 6.07) is 3.63. The topological polar surface area (TPSA) is 76.0 Å². The molecule has 0 bridgehead atoms. The highest BCUT2D eigenvalue weighted by Crippen LogP contribution is 2.29. The number of pyridine rings is 1. The zero-order chi connectivity index (χ0) is 14.9. The van der Waals surface area contributed by atoms with E-state index in [-0.39, 0.29) is 5.56 Å². The molecule has 0 aromatic carbocycles. The quantitative estimate of drug-likeness (QED) is 0.875. The van der Waals surface area contributed by atoms with Crippen LogP contribution in [-0.4, -0.2) is 26.0 Å². The summed E-state index contributed by atoms with van der Waals surface area (Å²) >= 11 is 1.19. The molecule has 0 spiro atoms. The zero-order valence-electron chi connectivity index (χ0n) is 11.8. The van der Waals surface area contributed by atoms with Gasteiger partial charge in [-0.25, -0.2) is 19.7 Å². The van der Waals surface area contributed by atoms with Crippen LogP contribution in [0.15, 0.2) is 22.3 Å². The van der Waals surface area contributed by atoms with E-state index in [9.17, 15) is 9.90 Å². The summed E-state index contributed by atoms with van der Waals surface area (Å²) in [4.78, 5) is 24.3. The summed E-state index contributed by atoms with van der Waals surface area (Å²) in [7, 11) is 0. The normalized spacial score (nSPS) is 10.6. The van der Waals surface area contributed by atoms with Crippen LogP contribution in [-0.2, 0) is 0 Å². The Balaban J connectivity index is 2.49. The van der Waals surface area contributed by atoms with Gasteiger partial charge in [0.2, 0.25) is 0 Å². The van der Waals surface area contributed by atoms with Crippen LogP contribution in [0.25, 0.3) is 0 Å². The third-order valence-corrected chi connectivity index (χ3v) is 3.53. The van der Waals surface area contributed by atoms with E-state index in [1.807, 2.05) is 26.8 Å². The molecule has 6 heteroatoms. The minimum absolute atomic E-state index is 0.211. The van der Waals surface area contributed by atoms with Gasteiger partial charge in [0.25, 0.3) is 0 Å². The van der Waals surface area contributed by atoms with Crippen LogP contribution in [0.4, 0.5) is 0 Å².